The first-order chi connectivity index (χ1) is 9.17. The Labute approximate surface area is 121 Å². The second kappa shape index (κ2) is 6.59. The van der Waals surface area contributed by atoms with Gasteiger partial charge in [-0.25, -0.2) is 0 Å². The fraction of sp³-hybridized carbons (Fsp3) is 0.214. The number of hydrogen-bond donors (Lipinski definition) is 1. The van der Waals surface area contributed by atoms with Crippen LogP contribution in [0.5, 0.6) is 5.75 Å². The van der Waals surface area contributed by atoms with Crippen LogP contribution in [0.25, 0.3) is 0 Å². The average Bonchev–Trinajstić information content (AvgIpc) is 2.83. The van der Waals surface area contributed by atoms with Crippen LogP contribution in [-0.4, -0.2) is 10.9 Å². The zero-order valence-corrected chi connectivity index (χ0v) is 12.0. The Hall–Kier alpha value is -1.52. The van der Waals surface area contributed by atoms with Gasteiger partial charge in [0, 0.05) is 11.3 Å². The zero-order chi connectivity index (χ0) is 13.7. The summed E-state index contributed by atoms with van der Waals surface area (Å²) in [7, 11) is 0. The van der Waals surface area contributed by atoms with Gasteiger partial charge in [0.15, 0.2) is 0 Å². The molecular formula is C14H14ClNO2S. The van der Waals surface area contributed by atoms with Gasteiger partial charge in [-0.05, 0) is 36.8 Å². The summed E-state index contributed by atoms with van der Waals surface area (Å²) in [5, 5.41) is 11.8. The van der Waals surface area contributed by atoms with Gasteiger partial charge in [-0.15, -0.1) is 11.3 Å². The number of ether oxygens (including phenoxy) is 1. The molecule has 0 fully saturated rings. The van der Waals surface area contributed by atoms with Crippen LogP contribution in [0.2, 0.25) is 4.34 Å². The van der Waals surface area contributed by atoms with Crippen molar-refractivity contribution in [1.29, 1.82) is 0 Å². The van der Waals surface area contributed by atoms with Crippen molar-refractivity contribution in [3.8, 4) is 5.75 Å². The molecule has 1 aromatic carbocycles. The number of oxime groups is 1. The van der Waals surface area contributed by atoms with Crippen molar-refractivity contribution in [2.75, 3.05) is 0 Å². The van der Waals surface area contributed by atoms with E-state index in [4.69, 9.17) is 21.5 Å². The van der Waals surface area contributed by atoms with E-state index in [1.54, 1.807) is 6.92 Å². The highest BCUT2D eigenvalue weighted by Crippen LogP contribution is 2.23. The fourth-order valence-electron chi connectivity index (χ4n) is 1.62. The smallest absolute Gasteiger partial charge is 0.122 e. The van der Waals surface area contributed by atoms with Crippen LogP contribution >= 0.6 is 22.9 Å². The summed E-state index contributed by atoms with van der Waals surface area (Å²) in [4.78, 5) is 1.09. The van der Waals surface area contributed by atoms with E-state index in [1.165, 1.54) is 11.3 Å². The Bertz CT molecular complexity index is 563. The van der Waals surface area contributed by atoms with E-state index in [0.717, 1.165) is 20.5 Å². The van der Waals surface area contributed by atoms with Crippen LogP contribution in [-0.2, 0) is 13.0 Å². The summed E-state index contributed by atoms with van der Waals surface area (Å²) in [6, 6.07) is 11.6. The standard InChI is InChI=1S/C14H14ClNO2S/c1-10(16-17)8-11-2-4-12(5-3-11)18-9-13-6-7-14(15)19-13/h2-7,17H,8-9H2,1H3/b16-10-. The Morgan fingerprint density at radius 1 is 1.26 bits per heavy atom. The molecule has 0 amide bonds. The summed E-state index contributed by atoms with van der Waals surface area (Å²) in [5.41, 5.74) is 1.77. The van der Waals surface area contributed by atoms with Crippen molar-refractivity contribution in [2.45, 2.75) is 20.0 Å². The quantitative estimate of drug-likeness (QED) is 0.505. The lowest BCUT2D eigenvalue weighted by molar-refractivity contribution is 0.310. The molecule has 0 aliphatic heterocycles. The van der Waals surface area contributed by atoms with Crippen molar-refractivity contribution in [3.63, 3.8) is 0 Å². The van der Waals surface area contributed by atoms with E-state index in [9.17, 15) is 0 Å². The lowest BCUT2D eigenvalue weighted by Crippen LogP contribution is -1.98. The molecule has 0 radical (unpaired) electrons. The lowest BCUT2D eigenvalue weighted by Gasteiger charge is -2.06. The van der Waals surface area contributed by atoms with Gasteiger partial charge >= 0.3 is 0 Å². The van der Waals surface area contributed by atoms with Gasteiger partial charge in [0.25, 0.3) is 0 Å². The van der Waals surface area contributed by atoms with E-state index in [1.807, 2.05) is 36.4 Å². The number of benzene rings is 1. The van der Waals surface area contributed by atoms with E-state index < -0.39 is 0 Å². The molecule has 0 spiro atoms. The molecule has 3 nitrogen and oxygen atoms in total. The van der Waals surface area contributed by atoms with E-state index >= 15 is 0 Å². The molecule has 5 heteroatoms. The predicted molar refractivity (Wildman–Crippen MR) is 78.7 cm³/mol. The maximum Gasteiger partial charge on any atom is 0.122 e. The molecule has 0 atom stereocenters. The first-order valence-corrected chi connectivity index (χ1v) is 7.00. The summed E-state index contributed by atoms with van der Waals surface area (Å²) in [5.74, 6) is 0.812. The Kier molecular flexibility index (Phi) is 4.82. The first kappa shape index (κ1) is 13.9. The molecule has 0 unspecified atom stereocenters. The first-order valence-electron chi connectivity index (χ1n) is 5.81. The number of nitrogens with zero attached hydrogens (tertiary/aromatic N) is 1. The minimum Gasteiger partial charge on any atom is -0.488 e. The van der Waals surface area contributed by atoms with Crippen LogP contribution in [0.15, 0.2) is 41.6 Å². The molecule has 1 aromatic heterocycles. The fourth-order valence-corrected chi connectivity index (χ4v) is 2.62. The van der Waals surface area contributed by atoms with Gasteiger partial charge in [-0.1, -0.05) is 28.9 Å². The third kappa shape index (κ3) is 4.26. The summed E-state index contributed by atoms with van der Waals surface area (Å²) < 4.78 is 6.43. The van der Waals surface area contributed by atoms with Gasteiger partial charge in [-0.2, -0.15) is 0 Å². The second-order valence-electron chi connectivity index (χ2n) is 4.15. The molecule has 0 aliphatic carbocycles. The molecule has 0 saturated carbocycles. The van der Waals surface area contributed by atoms with E-state index in [0.29, 0.717) is 18.7 Å². The van der Waals surface area contributed by atoms with Gasteiger partial charge in [0.1, 0.15) is 12.4 Å². The van der Waals surface area contributed by atoms with Crippen LogP contribution < -0.4 is 4.74 Å². The molecular weight excluding hydrogens is 282 g/mol. The topological polar surface area (TPSA) is 41.8 Å². The van der Waals surface area contributed by atoms with Gasteiger partial charge < -0.3 is 9.94 Å². The largest absolute Gasteiger partial charge is 0.488 e. The molecule has 1 heterocycles. The normalized spacial score (nSPS) is 11.6. The van der Waals surface area contributed by atoms with Crippen molar-refractivity contribution in [3.05, 3.63) is 51.2 Å². The average molecular weight is 296 g/mol. The Morgan fingerprint density at radius 2 is 2.00 bits per heavy atom. The summed E-state index contributed by atoms with van der Waals surface area (Å²) in [6.07, 6.45) is 0.636. The lowest BCUT2D eigenvalue weighted by atomic mass is 10.1. The molecule has 19 heavy (non-hydrogen) atoms. The summed E-state index contributed by atoms with van der Waals surface area (Å²) >= 11 is 7.37. The molecule has 0 bridgehead atoms. The van der Waals surface area contributed by atoms with E-state index in [-0.39, 0.29) is 0 Å². The molecule has 2 rings (SSSR count). The summed E-state index contributed by atoms with van der Waals surface area (Å²) in [6.45, 7) is 2.30. The molecule has 0 aliphatic rings. The Balaban J connectivity index is 1.91. The number of thiophene rings is 1. The number of halogens is 1. The van der Waals surface area contributed by atoms with Crippen molar-refractivity contribution < 1.29 is 9.94 Å². The maximum atomic E-state index is 8.62. The highest BCUT2D eigenvalue weighted by atomic mass is 35.5. The maximum absolute atomic E-state index is 8.62. The third-order valence-corrected chi connectivity index (χ3v) is 3.77. The molecule has 2 aromatic rings. The highest BCUT2D eigenvalue weighted by molar-refractivity contribution is 7.16. The van der Waals surface area contributed by atoms with Gasteiger partial charge in [0.2, 0.25) is 0 Å². The SMILES string of the molecule is C/C(Cc1ccc(OCc2ccc(Cl)s2)cc1)=N/O. The van der Waals surface area contributed by atoms with Crippen LogP contribution in [0.4, 0.5) is 0 Å². The second-order valence-corrected chi connectivity index (χ2v) is 5.95. The van der Waals surface area contributed by atoms with Gasteiger partial charge in [-0.3, -0.25) is 0 Å². The number of hydrogen-bond acceptors (Lipinski definition) is 4. The monoisotopic (exact) mass is 295 g/mol. The molecule has 1 N–H and O–H groups in total. The predicted octanol–water partition coefficient (Wildman–Crippen LogP) is 4.37. The van der Waals surface area contributed by atoms with Crippen molar-refractivity contribution in [2.24, 2.45) is 5.16 Å². The number of rotatable bonds is 5. The highest BCUT2D eigenvalue weighted by Gasteiger charge is 2.01. The molecule has 100 valence electrons. The van der Waals surface area contributed by atoms with Crippen molar-refractivity contribution in [1.82, 2.24) is 0 Å². The van der Waals surface area contributed by atoms with E-state index in [2.05, 4.69) is 5.16 Å². The van der Waals surface area contributed by atoms with Crippen LogP contribution in [0.3, 0.4) is 0 Å². The molecule has 0 saturated heterocycles. The van der Waals surface area contributed by atoms with Crippen LogP contribution in [0, 0.1) is 0 Å². The van der Waals surface area contributed by atoms with Crippen LogP contribution in [0.1, 0.15) is 17.4 Å². The minimum atomic E-state index is 0.522. The zero-order valence-electron chi connectivity index (χ0n) is 10.5. The Morgan fingerprint density at radius 3 is 2.58 bits per heavy atom. The third-order valence-electron chi connectivity index (χ3n) is 2.56. The van der Waals surface area contributed by atoms with Crippen molar-refractivity contribution >= 4 is 28.6 Å². The van der Waals surface area contributed by atoms with Gasteiger partial charge in [0.05, 0.1) is 10.0 Å². The minimum absolute atomic E-state index is 0.522.